The molecule has 1 atom stereocenters. The number of nitrogens with zero attached hydrogens (tertiary/aromatic N) is 3. The Balaban J connectivity index is 2.09. The first-order valence-electron chi connectivity index (χ1n) is 5.49. The van der Waals surface area contributed by atoms with E-state index in [4.69, 9.17) is 0 Å². The lowest BCUT2D eigenvalue weighted by atomic mass is 10.1. The predicted octanol–water partition coefficient (Wildman–Crippen LogP) is 0.765. The second kappa shape index (κ2) is 4.09. The third kappa shape index (κ3) is 1.80. The van der Waals surface area contributed by atoms with Crippen LogP contribution >= 0.6 is 0 Å². The van der Waals surface area contributed by atoms with Crippen LogP contribution in [-0.2, 0) is 19.4 Å². The molecule has 0 radical (unpaired) electrons. The molecule has 0 spiro atoms. The van der Waals surface area contributed by atoms with Crippen LogP contribution in [0.15, 0.2) is 0 Å². The molecule has 1 aliphatic rings. The molecule has 0 aromatic carbocycles. The van der Waals surface area contributed by atoms with Gasteiger partial charge in [0.25, 0.3) is 0 Å². The van der Waals surface area contributed by atoms with Crippen LogP contribution in [0.25, 0.3) is 0 Å². The first kappa shape index (κ1) is 9.65. The maximum absolute atomic E-state index is 4.49. The van der Waals surface area contributed by atoms with Crippen LogP contribution in [-0.4, -0.2) is 27.4 Å². The van der Waals surface area contributed by atoms with E-state index >= 15 is 0 Å². The number of aryl methyl sites for hydroxylation is 2. The van der Waals surface area contributed by atoms with Crippen molar-refractivity contribution in [1.82, 2.24) is 20.1 Å². The summed E-state index contributed by atoms with van der Waals surface area (Å²) in [7, 11) is 0. The average Bonchev–Trinajstić information content (AvgIpc) is 2.60. The van der Waals surface area contributed by atoms with E-state index in [1.807, 2.05) is 0 Å². The van der Waals surface area contributed by atoms with Crippen molar-refractivity contribution < 1.29 is 0 Å². The van der Waals surface area contributed by atoms with Crippen molar-refractivity contribution in [2.24, 2.45) is 0 Å². The fourth-order valence-electron chi connectivity index (χ4n) is 1.97. The minimum Gasteiger partial charge on any atom is -0.312 e. The fraction of sp³-hybridized carbons (Fsp3) is 0.800. The highest BCUT2D eigenvalue weighted by molar-refractivity contribution is 4.97. The highest BCUT2D eigenvalue weighted by Crippen LogP contribution is 2.12. The molecule has 0 aliphatic carbocycles. The largest absolute Gasteiger partial charge is 0.312 e. The van der Waals surface area contributed by atoms with Gasteiger partial charge in [0.05, 0.1) is 6.54 Å². The van der Waals surface area contributed by atoms with E-state index in [0.29, 0.717) is 6.04 Å². The predicted molar refractivity (Wildman–Crippen MR) is 55.2 cm³/mol. The van der Waals surface area contributed by atoms with Crippen LogP contribution in [0.1, 0.15) is 31.9 Å². The van der Waals surface area contributed by atoms with Gasteiger partial charge < -0.3 is 5.32 Å². The Bertz CT molecular complexity index is 305. The zero-order valence-electron chi connectivity index (χ0n) is 8.95. The van der Waals surface area contributed by atoms with E-state index in [2.05, 4.69) is 33.9 Å². The van der Waals surface area contributed by atoms with Crippen molar-refractivity contribution in [2.45, 2.75) is 45.7 Å². The summed E-state index contributed by atoms with van der Waals surface area (Å²) < 4.78 is 2.07. The summed E-state index contributed by atoms with van der Waals surface area (Å²) in [6.07, 6.45) is 3.19. The Labute approximate surface area is 84.7 Å². The van der Waals surface area contributed by atoms with Gasteiger partial charge in [-0.15, -0.1) is 0 Å². The van der Waals surface area contributed by atoms with E-state index in [1.165, 1.54) is 6.42 Å². The number of aromatic nitrogens is 3. The van der Waals surface area contributed by atoms with Crippen LogP contribution in [0.5, 0.6) is 0 Å². The Morgan fingerprint density at radius 1 is 1.50 bits per heavy atom. The zero-order chi connectivity index (χ0) is 9.97. The Morgan fingerprint density at radius 2 is 2.36 bits per heavy atom. The van der Waals surface area contributed by atoms with Gasteiger partial charge >= 0.3 is 0 Å². The number of nitrogens with one attached hydrogen (secondary N) is 1. The van der Waals surface area contributed by atoms with E-state index in [-0.39, 0.29) is 0 Å². The third-order valence-electron chi connectivity index (χ3n) is 2.71. The smallest absolute Gasteiger partial charge is 0.150 e. The number of fused-ring (bicyclic) bond motifs is 1. The normalized spacial score (nSPS) is 20.9. The lowest BCUT2D eigenvalue weighted by Crippen LogP contribution is -2.37. The average molecular weight is 194 g/mol. The Kier molecular flexibility index (Phi) is 2.82. The number of hydrogen-bond donors (Lipinski definition) is 1. The van der Waals surface area contributed by atoms with Gasteiger partial charge in [-0.1, -0.05) is 13.8 Å². The highest BCUT2D eigenvalue weighted by atomic mass is 15.4. The summed E-state index contributed by atoms with van der Waals surface area (Å²) in [6, 6.07) is 0.582. The van der Waals surface area contributed by atoms with Crippen molar-refractivity contribution in [3.05, 3.63) is 11.6 Å². The molecule has 1 unspecified atom stereocenters. The van der Waals surface area contributed by atoms with E-state index < -0.39 is 0 Å². The van der Waals surface area contributed by atoms with Crippen molar-refractivity contribution >= 4 is 0 Å². The van der Waals surface area contributed by atoms with Gasteiger partial charge in [0.15, 0.2) is 5.82 Å². The first-order valence-corrected chi connectivity index (χ1v) is 5.49. The summed E-state index contributed by atoms with van der Waals surface area (Å²) in [5.74, 6) is 2.15. The second-order valence-corrected chi connectivity index (χ2v) is 3.77. The van der Waals surface area contributed by atoms with Crippen molar-refractivity contribution in [1.29, 1.82) is 0 Å². The minimum absolute atomic E-state index is 0.582. The molecule has 78 valence electrons. The summed E-state index contributed by atoms with van der Waals surface area (Å²) in [4.78, 5) is 4.49. The summed E-state index contributed by atoms with van der Waals surface area (Å²) >= 11 is 0. The van der Waals surface area contributed by atoms with Crippen LogP contribution in [0, 0.1) is 0 Å². The van der Waals surface area contributed by atoms with Gasteiger partial charge in [0, 0.05) is 18.9 Å². The highest BCUT2D eigenvalue weighted by Gasteiger charge is 2.19. The van der Waals surface area contributed by atoms with E-state index in [1.54, 1.807) is 0 Å². The molecule has 0 saturated carbocycles. The molecule has 0 bridgehead atoms. The van der Waals surface area contributed by atoms with Crippen molar-refractivity contribution in [2.75, 3.05) is 6.54 Å². The Morgan fingerprint density at radius 3 is 3.07 bits per heavy atom. The van der Waals surface area contributed by atoms with Crippen molar-refractivity contribution in [3.63, 3.8) is 0 Å². The Hall–Kier alpha value is -0.900. The first-order chi connectivity index (χ1) is 6.83. The maximum Gasteiger partial charge on any atom is 0.150 e. The molecule has 4 heteroatoms. The quantitative estimate of drug-likeness (QED) is 0.772. The van der Waals surface area contributed by atoms with E-state index in [0.717, 1.165) is 37.6 Å². The molecular formula is C10H18N4. The number of likely N-dealkylation sites (N-methyl/N-ethyl adjacent to an activating group) is 1. The topological polar surface area (TPSA) is 42.7 Å². The molecule has 0 fully saturated rings. The van der Waals surface area contributed by atoms with Gasteiger partial charge in [-0.2, -0.15) is 5.10 Å². The molecule has 1 N–H and O–H groups in total. The van der Waals surface area contributed by atoms with Gasteiger partial charge in [-0.05, 0) is 13.0 Å². The third-order valence-corrected chi connectivity index (χ3v) is 2.71. The molecule has 0 amide bonds. The molecule has 1 aliphatic heterocycles. The standard InChI is InChI=1S/C10H18N4/c1-3-9-12-10-6-5-8(11-4-2)7-14(10)13-9/h8,11H,3-7H2,1-2H3. The van der Waals surface area contributed by atoms with Crippen molar-refractivity contribution in [3.8, 4) is 0 Å². The second-order valence-electron chi connectivity index (χ2n) is 3.77. The summed E-state index contributed by atoms with van der Waals surface area (Å²) in [5.41, 5.74) is 0. The maximum atomic E-state index is 4.49. The molecule has 1 aromatic rings. The monoisotopic (exact) mass is 194 g/mol. The fourth-order valence-corrected chi connectivity index (χ4v) is 1.97. The molecule has 4 nitrogen and oxygen atoms in total. The summed E-state index contributed by atoms with van der Waals surface area (Å²) in [6.45, 7) is 6.27. The van der Waals surface area contributed by atoms with Crippen LogP contribution in [0.4, 0.5) is 0 Å². The molecule has 0 saturated heterocycles. The van der Waals surface area contributed by atoms with Gasteiger partial charge in [-0.25, -0.2) is 9.67 Å². The minimum atomic E-state index is 0.582. The summed E-state index contributed by atoms with van der Waals surface area (Å²) in [5, 5.41) is 7.93. The molecule has 2 heterocycles. The number of hydrogen-bond acceptors (Lipinski definition) is 3. The molecule has 2 rings (SSSR count). The SMILES string of the molecule is CCNC1CCc2nc(CC)nn2C1. The lowest BCUT2D eigenvalue weighted by molar-refractivity contribution is 0.364. The van der Waals surface area contributed by atoms with Gasteiger partial charge in [-0.3, -0.25) is 0 Å². The molecule has 14 heavy (non-hydrogen) atoms. The van der Waals surface area contributed by atoms with Crippen LogP contribution in [0.2, 0.25) is 0 Å². The molecular weight excluding hydrogens is 176 g/mol. The van der Waals surface area contributed by atoms with Crippen LogP contribution in [0.3, 0.4) is 0 Å². The van der Waals surface area contributed by atoms with Crippen LogP contribution < -0.4 is 5.32 Å². The van der Waals surface area contributed by atoms with Gasteiger partial charge in [0.2, 0.25) is 0 Å². The molecule has 1 aromatic heterocycles. The lowest BCUT2D eigenvalue weighted by Gasteiger charge is -2.22. The zero-order valence-corrected chi connectivity index (χ0v) is 8.95. The van der Waals surface area contributed by atoms with Gasteiger partial charge in [0.1, 0.15) is 5.82 Å². The number of rotatable bonds is 3. The van der Waals surface area contributed by atoms with E-state index in [9.17, 15) is 0 Å².